The molecule has 2 N–H and O–H groups in total. The predicted octanol–water partition coefficient (Wildman–Crippen LogP) is 2.25. The number of carbonyl (C=O) groups is 1. The van der Waals surface area contributed by atoms with E-state index in [0.29, 0.717) is 6.54 Å². The van der Waals surface area contributed by atoms with Crippen molar-refractivity contribution < 1.29 is 14.6 Å². The zero-order chi connectivity index (χ0) is 14.1. The maximum Gasteiger partial charge on any atom is 0.246 e. The summed E-state index contributed by atoms with van der Waals surface area (Å²) in [6.45, 7) is 4.89. The Balaban J connectivity index is 2.23. The van der Waals surface area contributed by atoms with Crippen molar-refractivity contribution in [3.63, 3.8) is 0 Å². The van der Waals surface area contributed by atoms with E-state index in [0.717, 1.165) is 25.7 Å². The molecular formula is C15H29NO3. The summed E-state index contributed by atoms with van der Waals surface area (Å²) in [7, 11) is 0. The van der Waals surface area contributed by atoms with Crippen LogP contribution in [0.5, 0.6) is 0 Å². The number of aliphatic hydroxyl groups is 1. The highest BCUT2D eigenvalue weighted by Gasteiger charge is 2.26. The Bertz CT molecular complexity index is 250. The molecular weight excluding hydrogens is 242 g/mol. The number of amides is 1. The van der Waals surface area contributed by atoms with Gasteiger partial charge in [0, 0.05) is 12.0 Å². The Kier molecular flexibility index (Phi) is 7.39. The summed E-state index contributed by atoms with van der Waals surface area (Å²) >= 11 is 0. The first-order valence-corrected chi connectivity index (χ1v) is 7.65. The minimum absolute atomic E-state index is 0.0645. The largest absolute Gasteiger partial charge is 0.396 e. The summed E-state index contributed by atoms with van der Waals surface area (Å²) in [6, 6.07) is 0. The maximum absolute atomic E-state index is 11.8. The van der Waals surface area contributed by atoms with E-state index in [9.17, 15) is 9.90 Å². The Morgan fingerprint density at radius 3 is 2.42 bits per heavy atom. The molecule has 0 heterocycles. The summed E-state index contributed by atoms with van der Waals surface area (Å²) < 4.78 is 5.64. The smallest absolute Gasteiger partial charge is 0.246 e. The highest BCUT2D eigenvalue weighted by Crippen LogP contribution is 2.24. The van der Waals surface area contributed by atoms with Crippen LogP contribution in [-0.2, 0) is 9.53 Å². The van der Waals surface area contributed by atoms with Gasteiger partial charge in [-0.25, -0.2) is 0 Å². The molecule has 1 fully saturated rings. The Hall–Kier alpha value is -0.610. The first-order chi connectivity index (χ1) is 9.15. The van der Waals surface area contributed by atoms with Crippen LogP contribution in [0.3, 0.4) is 0 Å². The second-order valence-corrected chi connectivity index (χ2v) is 5.71. The van der Waals surface area contributed by atoms with Crippen LogP contribution < -0.4 is 5.32 Å². The van der Waals surface area contributed by atoms with Crippen molar-refractivity contribution in [1.82, 2.24) is 5.32 Å². The Morgan fingerprint density at radius 2 is 1.89 bits per heavy atom. The fraction of sp³-hybridized carbons (Fsp3) is 0.933. The summed E-state index contributed by atoms with van der Waals surface area (Å²) in [5.74, 6) is -0.0645. The standard InChI is InChI=1S/C15H29NO3/c1-3-15(4-2,12-17)11-16-14(18)10-19-13-8-6-5-7-9-13/h13,17H,3-12H2,1-2H3,(H,16,18). The molecule has 4 nitrogen and oxygen atoms in total. The average Bonchev–Trinajstić information content (AvgIpc) is 2.48. The predicted molar refractivity (Wildman–Crippen MR) is 75.9 cm³/mol. The minimum Gasteiger partial charge on any atom is -0.396 e. The van der Waals surface area contributed by atoms with Gasteiger partial charge in [0.1, 0.15) is 6.61 Å². The SMILES string of the molecule is CCC(CC)(CO)CNC(=O)COC1CCCCC1. The van der Waals surface area contributed by atoms with E-state index in [2.05, 4.69) is 5.32 Å². The molecule has 1 saturated carbocycles. The van der Waals surface area contributed by atoms with Gasteiger partial charge in [0.2, 0.25) is 5.91 Å². The second-order valence-electron chi connectivity index (χ2n) is 5.71. The topological polar surface area (TPSA) is 58.6 Å². The molecule has 0 aromatic rings. The molecule has 0 aromatic carbocycles. The van der Waals surface area contributed by atoms with Crippen LogP contribution in [0.4, 0.5) is 0 Å². The molecule has 112 valence electrons. The molecule has 0 aliphatic heterocycles. The second kappa shape index (κ2) is 8.54. The Labute approximate surface area is 116 Å². The van der Waals surface area contributed by atoms with E-state index < -0.39 is 0 Å². The molecule has 0 aromatic heterocycles. The molecule has 0 bridgehead atoms. The fourth-order valence-corrected chi connectivity index (χ4v) is 2.54. The average molecular weight is 271 g/mol. The van der Waals surface area contributed by atoms with Gasteiger partial charge in [-0.15, -0.1) is 0 Å². The summed E-state index contributed by atoms with van der Waals surface area (Å²) in [5.41, 5.74) is -0.180. The molecule has 0 spiro atoms. The molecule has 1 aliphatic carbocycles. The number of hydrogen-bond donors (Lipinski definition) is 2. The lowest BCUT2D eigenvalue weighted by molar-refractivity contribution is -0.129. The molecule has 0 saturated heterocycles. The number of hydrogen-bond acceptors (Lipinski definition) is 3. The van der Waals surface area contributed by atoms with E-state index in [1.165, 1.54) is 19.3 Å². The zero-order valence-corrected chi connectivity index (χ0v) is 12.4. The van der Waals surface area contributed by atoms with Gasteiger partial charge in [-0.05, 0) is 25.7 Å². The van der Waals surface area contributed by atoms with Crippen LogP contribution >= 0.6 is 0 Å². The van der Waals surface area contributed by atoms with Crippen molar-refractivity contribution in [2.45, 2.75) is 64.9 Å². The summed E-state index contributed by atoms with van der Waals surface area (Å²) in [5, 5.41) is 12.3. The minimum atomic E-state index is -0.180. The third kappa shape index (κ3) is 5.49. The van der Waals surface area contributed by atoms with Gasteiger partial charge in [0.05, 0.1) is 12.7 Å². The van der Waals surface area contributed by atoms with Crippen LogP contribution in [0.25, 0.3) is 0 Å². The highest BCUT2D eigenvalue weighted by atomic mass is 16.5. The normalized spacial score (nSPS) is 17.4. The number of aliphatic hydroxyl groups excluding tert-OH is 1. The van der Waals surface area contributed by atoms with Crippen LogP contribution in [0.15, 0.2) is 0 Å². The quantitative estimate of drug-likeness (QED) is 0.712. The first kappa shape index (κ1) is 16.4. The van der Waals surface area contributed by atoms with Crippen molar-refractivity contribution in [2.24, 2.45) is 5.41 Å². The fourth-order valence-electron chi connectivity index (χ4n) is 2.54. The van der Waals surface area contributed by atoms with Gasteiger partial charge < -0.3 is 15.2 Å². The molecule has 0 atom stereocenters. The van der Waals surface area contributed by atoms with Gasteiger partial charge in [-0.1, -0.05) is 33.1 Å². The van der Waals surface area contributed by atoms with Crippen molar-refractivity contribution in [1.29, 1.82) is 0 Å². The van der Waals surface area contributed by atoms with Crippen LogP contribution in [0.2, 0.25) is 0 Å². The van der Waals surface area contributed by atoms with Crippen molar-refractivity contribution >= 4 is 5.91 Å². The van der Waals surface area contributed by atoms with Gasteiger partial charge >= 0.3 is 0 Å². The third-order valence-corrected chi connectivity index (χ3v) is 4.50. The van der Waals surface area contributed by atoms with E-state index in [1.54, 1.807) is 0 Å². The molecule has 1 aliphatic rings. The van der Waals surface area contributed by atoms with Gasteiger partial charge in [-0.3, -0.25) is 4.79 Å². The van der Waals surface area contributed by atoms with Crippen molar-refractivity contribution in [2.75, 3.05) is 19.8 Å². The molecule has 1 amide bonds. The lowest BCUT2D eigenvalue weighted by Crippen LogP contribution is -2.41. The number of ether oxygens (including phenoxy) is 1. The lowest BCUT2D eigenvalue weighted by Gasteiger charge is -2.29. The van der Waals surface area contributed by atoms with E-state index in [4.69, 9.17) is 4.74 Å². The van der Waals surface area contributed by atoms with Crippen LogP contribution in [0.1, 0.15) is 58.8 Å². The van der Waals surface area contributed by atoms with Gasteiger partial charge in [-0.2, -0.15) is 0 Å². The number of rotatable bonds is 8. The van der Waals surface area contributed by atoms with Crippen molar-refractivity contribution in [3.05, 3.63) is 0 Å². The monoisotopic (exact) mass is 271 g/mol. The highest BCUT2D eigenvalue weighted by molar-refractivity contribution is 5.77. The molecule has 19 heavy (non-hydrogen) atoms. The van der Waals surface area contributed by atoms with Crippen LogP contribution in [-0.4, -0.2) is 36.9 Å². The third-order valence-electron chi connectivity index (χ3n) is 4.50. The maximum atomic E-state index is 11.8. The Morgan fingerprint density at radius 1 is 1.26 bits per heavy atom. The summed E-state index contributed by atoms with van der Waals surface area (Å²) in [6.07, 6.45) is 7.87. The van der Waals surface area contributed by atoms with Gasteiger partial charge in [0.25, 0.3) is 0 Å². The van der Waals surface area contributed by atoms with Gasteiger partial charge in [0.15, 0.2) is 0 Å². The zero-order valence-electron chi connectivity index (χ0n) is 12.4. The van der Waals surface area contributed by atoms with E-state index in [1.807, 2.05) is 13.8 Å². The molecule has 0 unspecified atom stereocenters. The van der Waals surface area contributed by atoms with E-state index >= 15 is 0 Å². The van der Waals surface area contributed by atoms with Crippen LogP contribution in [0, 0.1) is 5.41 Å². The number of carbonyl (C=O) groups excluding carboxylic acids is 1. The first-order valence-electron chi connectivity index (χ1n) is 7.65. The summed E-state index contributed by atoms with van der Waals surface area (Å²) in [4.78, 5) is 11.8. The lowest BCUT2D eigenvalue weighted by atomic mass is 9.83. The van der Waals surface area contributed by atoms with Crippen molar-refractivity contribution in [3.8, 4) is 0 Å². The molecule has 0 radical (unpaired) electrons. The number of nitrogens with one attached hydrogen (secondary N) is 1. The molecule has 4 heteroatoms. The van der Waals surface area contributed by atoms with E-state index in [-0.39, 0.29) is 30.6 Å². The molecule has 1 rings (SSSR count).